The molecule has 3 nitrogen and oxygen atoms in total. The van der Waals surface area contributed by atoms with Crippen LogP contribution in [0.1, 0.15) is 49.4 Å². The van der Waals surface area contributed by atoms with Crippen molar-refractivity contribution in [2.24, 2.45) is 0 Å². The quantitative estimate of drug-likeness (QED) is 0.785. The van der Waals surface area contributed by atoms with Crippen molar-refractivity contribution in [1.29, 1.82) is 0 Å². The van der Waals surface area contributed by atoms with Crippen LogP contribution in [0.15, 0.2) is 6.07 Å². The summed E-state index contributed by atoms with van der Waals surface area (Å²) in [6.45, 7) is 8.25. The van der Waals surface area contributed by atoms with Crippen LogP contribution in [-0.2, 0) is 6.54 Å². The summed E-state index contributed by atoms with van der Waals surface area (Å²) < 4.78 is 6.02. The first-order chi connectivity index (χ1) is 8.70. The zero-order chi connectivity index (χ0) is 13.0. The fourth-order valence-electron chi connectivity index (χ4n) is 2.18. The van der Waals surface area contributed by atoms with Crippen LogP contribution in [0, 0.1) is 13.8 Å². The molecule has 1 aromatic heterocycles. The highest BCUT2D eigenvalue weighted by Gasteiger charge is 2.21. The average Bonchev–Trinajstić information content (AvgIpc) is 2.27. The topological polar surface area (TPSA) is 34.2 Å². The maximum absolute atomic E-state index is 6.02. The van der Waals surface area contributed by atoms with Crippen LogP contribution >= 0.6 is 0 Å². The summed E-state index contributed by atoms with van der Waals surface area (Å²) in [4.78, 5) is 4.57. The molecule has 0 bridgehead atoms. The molecule has 0 unspecified atom stereocenters. The Bertz CT molecular complexity index is 400. The summed E-state index contributed by atoms with van der Waals surface area (Å²) in [5.41, 5.74) is 3.54. The van der Waals surface area contributed by atoms with Gasteiger partial charge in [0.1, 0.15) is 6.10 Å². The number of hydrogen-bond acceptors (Lipinski definition) is 3. The molecule has 1 N–H and O–H groups in total. The van der Waals surface area contributed by atoms with Crippen molar-refractivity contribution < 1.29 is 4.74 Å². The van der Waals surface area contributed by atoms with E-state index in [1.807, 2.05) is 6.92 Å². The van der Waals surface area contributed by atoms with Gasteiger partial charge >= 0.3 is 0 Å². The molecule has 0 spiro atoms. The predicted molar refractivity (Wildman–Crippen MR) is 74.0 cm³/mol. The number of hydrogen-bond donors (Lipinski definition) is 1. The zero-order valence-electron chi connectivity index (χ0n) is 11.8. The molecule has 1 aliphatic rings. The summed E-state index contributed by atoms with van der Waals surface area (Å²) in [6, 6.07) is 2.14. The van der Waals surface area contributed by atoms with Gasteiger partial charge in [-0.15, -0.1) is 0 Å². The van der Waals surface area contributed by atoms with E-state index in [0.29, 0.717) is 6.10 Å². The standard InChI is InChI=1S/C15H24N2O/c1-4-8-16-10-14-11(2)9-12(3)17-15(14)18-13-6-5-7-13/h9,13,16H,4-8,10H2,1-3H3. The van der Waals surface area contributed by atoms with Crippen molar-refractivity contribution in [2.45, 2.75) is 59.1 Å². The van der Waals surface area contributed by atoms with Gasteiger partial charge in [0.15, 0.2) is 0 Å². The molecule has 1 saturated carbocycles. The van der Waals surface area contributed by atoms with Crippen LogP contribution in [0.5, 0.6) is 5.88 Å². The van der Waals surface area contributed by atoms with Gasteiger partial charge < -0.3 is 10.1 Å². The van der Waals surface area contributed by atoms with E-state index >= 15 is 0 Å². The van der Waals surface area contributed by atoms with Crippen LogP contribution in [-0.4, -0.2) is 17.6 Å². The largest absolute Gasteiger partial charge is 0.474 e. The molecule has 0 aromatic carbocycles. The summed E-state index contributed by atoms with van der Waals surface area (Å²) >= 11 is 0. The van der Waals surface area contributed by atoms with Gasteiger partial charge in [-0.25, -0.2) is 4.98 Å². The van der Waals surface area contributed by atoms with Crippen LogP contribution in [0.3, 0.4) is 0 Å². The maximum Gasteiger partial charge on any atom is 0.218 e. The molecule has 1 fully saturated rings. The van der Waals surface area contributed by atoms with Gasteiger partial charge in [0, 0.05) is 17.8 Å². The van der Waals surface area contributed by atoms with Crippen LogP contribution in [0.2, 0.25) is 0 Å². The normalized spacial score (nSPS) is 15.5. The Balaban J connectivity index is 2.12. The first-order valence-electron chi connectivity index (χ1n) is 7.05. The molecular formula is C15H24N2O. The number of aromatic nitrogens is 1. The molecule has 1 heterocycles. The average molecular weight is 248 g/mol. The van der Waals surface area contributed by atoms with Crippen molar-refractivity contribution in [3.8, 4) is 5.88 Å². The van der Waals surface area contributed by atoms with Crippen molar-refractivity contribution >= 4 is 0 Å². The lowest BCUT2D eigenvalue weighted by molar-refractivity contribution is 0.113. The number of nitrogens with one attached hydrogen (secondary N) is 1. The second-order valence-corrected chi connectivity index (χ2v) is 5.21. The van der Waals surface area contributed by atoms with Crippen LogP contribution in [0.25, 0.3) is 0 Å². The van der Waals surface area contributed by atoms with E-state index in [9.17, 15) is 0 Å². The number of nitrogens with zero attached hydrogens (tertiary/aromatic N) is 1. The number of aryl methyl sites for hydroxylation is 2. The second kappa shape index (κ2) is 6.19. The Morgan fingerprint density at radius 3 is 2.78 bits per heavy atom. The molecule has 3 heteroatoms. The summed E-state index contributed by atoms with van der Waals surface area (Å²) in [7, 11) is 0. The van der Waals surface area contributed by atoms with E-state index in [2.05, 4.69) is 30.2 Å². The monoisotopic (exact) mass is 248 g/mol. The van der Waals surface area contributed by atoms with Gasteiger partial charge in [0.25, 0.3) is 0 Å². The van der Waals surface area contributed by atoms with Gasteiger partial charge in [-0.05, 0) is 57.7 Å². The minimum absolute atomic E-state index is 0.392. The maximum atomic E-state index is 6.02. The van der Waals surface area contributed by atoms with E-state index in [0.717, 1.165) is 31.1 Å². The fourth-order valence-corrected chi connectivity index (χ4v) is 2.18. The van der Waals surface area contributed by atoms with Gasteiger partial charge in [-0.2, -0.15) is 0 Å². The molecule has 0 radical (unpaired) electrons. The van der Waals surface area contributed by atoms with Gasteiger partial charge in [0.05, 0.1) is 0 Å². The summed E-state index contributed by atoms with van der Waals surface area (Å²) in [5, 5.41) is 3.44. The number of rotatable bonds is 6. The van der Waals surface area contributed by atoms with Gasteiger partial charge in [0.2, 0.25) is 5.88 Å². The lowest BCUT2D eigenvalue weighted by atomic mass is 9.96. The molecule has 2 rings (SSSR count). The number of pyridine rings is 1. The van der Waals surface area contributed by atoms with E-state index in [1.54, 1.807) is 0 Å². The second-order valence-electron chi connectivity index (χ2n) is 5.21. The minimum Gasteiger partial charge on any atom is -0.474 e. The minimum atomic E-state index is 0.392. The molecule has 0 amide bonds. The lowest BCUT2D eigenvalue weighted by Gasteiger charge is -2.27. The molecule has 1 aromatic rings. The Morgan fingerprint density at radius 2 is 2.17 bits per heavy atom. The SMILES string of the molecule is CCCNCc1c(C)cc(C)nc1OC1CCC1. The molecule has 100 valence electrons. The van der Waals surface area contributed by atoms with E-state index < -0.39 is 0 Å². The zero-order valence-corrected chi connectivity index (χ0v) is 11.8. The van der Waals surface area contributed by atoms with Gasteiger partial charge in [-0.1, -0.05) is 6.92 Å². The Kier molecular flexibility index (Phi) is 4.59. The van der Waals surface area contributed by atoms with Gasteiger partial charge in [-0.3, -0.25) is 0 Å². The molecule has 0 saturated heterocycles. The first kappa shape index (κ1) is 13.3. The Morgan fingerprint density at radius 1 is 1.39 bits per heavy atom. The molecular weight excluding hydrogens is 224 g/mol. The fraction of sp³-hybridized carbons (Fsp3) is 0.667. The highest BCUT2D eigenvalue weighted by Crippen LogP contribution is 2.28. The first-order valence-corrected chi connectivity index (χ1v) is 7.05. The predicted octanol–water partition coefficient (Wildman–Crippen LogP) is 3.13. The summed E-state index contributed by atoms with van der Waals surface area (Å²) in [6.07, 6.45) is 5.19. The third-order valence-corrected chi connectivity index (χ3v) is 3.50. The molecule has 18 heavy (non-hydrogen) atoms. The molecule has 1 aliphatic carbocycles. The van der Waals surface area contributed by atoms with E-state index in [-0.39, 0.29) is 0 Å². The smallest absolute Gasteiger partial charge is 0.218 e. The van der Waals surface area contributed by atoms with E-state index in [4.69, 9.17) is 4.74 Å². The lowest BCUT2D eigenvalue weighted by Crippen LogP contribution is -2.26. The third-order valence-electron chi connectivity index (χ3n) is 3.50. The summed E-state index contributed by atoms with van der Waals surface area (Å²) in [5.74, 6) is 0.848. The number of ether oxygens (including phenoxy) is 1. The van der Waals surface area contributed by atoms with Crippen LogP contribution in [0.4, 0.5) is 0 Å². The van der Waals surface area contributed by atoms with Crippen LogP contribution < -0.4 is 10.1 Å². The Labute approximate surface area is 110 Å². The van der Waals surface area contributed by atoms with Crippen molar-refractivity contribution in [3.05, 3.63) is 22.9 Å². The third kappa shape index (κ3) is 3.22. The van der Waals surface area contributed by atoms with E-state index in [1.165, 1.54) is 30.4 Å². The highest BCUT2D eigenvalue weighted by molar-refractivity contribution is 5.36. The highest BCUT2D eigenvalue weighted by atomic mass is 16.5. The Hall–Kier alpha value is -1.09. The van der Waals surface area contributed by atoms with Crippen molar-refractivity contribution in [3.63, 3.8) is 0 Å². The van der Waals surface area contributed by atoms with Crippen molar-refractivity contribution in [2.75, 3.05) is 6.54 Å². The molecule has 0 aliphatic heterocycles. The molecule has 0 atom stereocenters. The van der Waals surface area contributed by atoms with Crippen molar-refractivity contribution in [1.82, 2.24) is 10.3 Å².